The van der Waals surface area contributed by atoms with E-state index >= 15 is 0 Å². The minimum absolute atomic E-state index is 0.00213. The third kappa shape index (κ3) is 5.31. The minimum Gasteiger partial charge on any atom is -0.366 e. The molecule has 1 fully saturated rings. The summed E-state index contributed by atoms with van der Waals surface area (Å²) in [6.45, 7) is 1.30. The van der Waals surface area contributed by atoms with E-state index < -0.39 is 11.8 Å². The first kappa shape index (κ1) is 19.9. The Morgan fingerprint density at radius 1 is 0.692 bits per heavy atom. The monoisotopic (exact) mass is 359 g/mol. The summed E-state index contributed by atoms with van der Waals surface area (Å²) in [5, 5.41) is 0. The first-order valence-electron chi connectivity index (χ1n) is 9.54. The molecule has 2 rings (SSSR count). The number of benzene rings is 1. The quantitative estimate of drug-likeness (QED) is 0.866. The first-order valence-corrected chi connectivity index (χ1v) is 9.54. The number of hydrogen-bond acceptors (Lipinski definition) is 3. The van der Waals surface area contributed by atoms with E-state index in [1.165, 1.54) is 38.2 Å². The fraction of sp³-hybridized carbons (Fsp3) is 0.550. The van der Waals surface area contributed by atoms with Crippen LogP contribution in [0.15, 0.2) is 18.2 Å². The van der Waals surface area contributed by atoms with E-state index in [1.807, 2.05) is 0 Å². The Kier molecular flexibility index (Phi) is 7.63. The largest absolute Gasteiger partial charge is 0.366 e. The van der Waals surface area contributed by atoms with E-state index in [2.05, 4.69) is 0 Å². The molecular weight excluding hydrogens is 330 g/mol. The molecular formula is C20H29N3O3. The van der Waals surface area contributed by atoms with Crippen LogP contribution in [0.25, 0.3) is 0 Å². The summed E-state index contributed by atoms with van der Waals surface area (Å²) in [6, 6.07) is 4.54. The van der Waals surface area contributed by atoms with Gasteiger partial charge in [0.2, 0.25) is 11.8 Å². The van der Waals surface area contributed by atoms with Crippen LogP contribution >= 0.6 is 0 Å². The average molecular weight is 359 g/mol. The summed E-state index contributed by atoms with van der Waals surface area (Å²) in [7, 11) is 0. The van der Waals surface area contributed by atoms with Gasteiger partial charge in [0.1, 0.15) is 0 Å². The fourth-order valence-corrected chi connectivity index (χ4v) is 3.53. The van der Waals surface area contributed by atoms with Crippen molar-refractivity contribution in [2.24, 2.45) is 11.5 Å². The van der Waals surface area contributed by atoms with Crippen molar-refractivity contribution in [2.45, 2.75) is 57.8 Å². The van der Waals surface area contributed by atoms with E-state index in [-0.39, 0.29) is 22.6 Å². The van der Waals surface area contributed by atoms with Gasteiger partial charge in [-0.15, -0.1) is 0 Å². The predicted octanol–water partition coefficient (Wildman–Crippen LogP) is 2.85. The van der Waals surface area contributed by atoms with E-state index in [9.17, 15) is 14.4 Å². The third-order valence-electron chi connectivity index (χ3n) is 4.95. The van der Waals surface area contributed by atoms with Crippen LogP contribution in [0.2, 0.25) is 0 Å². The van der Waals surface area contributed by atoms with Crippen LogP contribution in [0.4, 0.5) is 0 Å². The second-order valence-corrected chi connectivity index (χ2v) is 6.93. The SMILES string of the molecule is NC(=O)c1cccc(C(=O)N2CCCCCCCCCCC2)c1C(N)=O. The summed E-state index contributed by atoms with van der Waals surface area (Å²) >= 11 is 0. The molecule has 0 radical (unpaired) electrons. The number of rotatable bonds is 3. The van der Waals surface area contributed by atoms with Gasteiger partial charge < -0.3 is 16.4 Å². The Bertz CT molecular complexity index is 646. The Morgan fingerprint density at radius 3 is 1.62 bits per heavy atom. The van der Waals surface area contributed by atoms with Crippen LogP contribution in [0.1, 0.15) is 88.9 Å². The van der Waals surface area contributed by atoms with Gasteiger partial charge in [0.05, 0.1) is 16.7 Å². The molecule has 1 aliphatic rings. The highest BCUT2D eigenvalue weighted by molar-refractivity contribution is 6.13. The van der Waals surface area contributed by atoms with E-state index in [0.29, 0.717) is 13.1 Å². The van der Waals surface area contributed by atoms with E-state index in [1.54, 1.807) is 17.0 Å². The van der Waals surface area contributed by atoms with Crippen LogP contribution in [-0.2, 0) is 0 Å². The number of carbonyl (C=O) groups is 3. The molecule has 0 saturated carbocycles. The summed E-state index contributed by atoms with van der Waals surface area (Å²) in [4.78, 5) is 38.4. The van der Waals surface area contributed by atoms with Gasteiger partial charge in [-0.05, 0) is 25.0 Å². The van der Waals surface area contributed by atoms with Gasteiger partial charge in [0.15, 0.2) is 0 Å². The second kappa shape index (κ2) is 9.94. The molecule has 0 bridgehead atoms. The number of amides is 3. The maximum absolute atomic E-state index is 13.1. The van der Waals surface area contributed by atoms with Gasteiger partial charge >= 0.3 is 0 Å². The second-order valence-electron chi connectivity index (χ2n) is 6.93. The van der Waals surface area contributed by atoms with Crippen LogP contribution in [0.5, 0.6) is 0 Å². The molecule has 142 valence electrons. The van der Waals surface area contributed by atoms with Crippen LogP contribution in [-0.4, -0.2) is 35.7 Å². The molecule has 1 aromatic rings. The molecule has 0 aliphatic carbocycles. The topological polar surface area (TPSA) is 106 Å². The van der Waals surface area contributed by atoms with Crippen molar-refractivity contribution in [3.63, 3.8) is 0 Å². The van der Waals surface area contributed by atoms with Crippen molar-refractivity contribution < 1.29 is 14.4 Å². The highest BCUT2D eigenvalue weighted by Crippen LogP contribution is 2.19. The molecule has 0 atom stereocenters. The molecule has 0 unspecified atom stereocenters. The molecule has 26 heavy (non-hydrogen) atoms. The molecule has 4 N–H and O–H groups in total. The molecule has 1 aliphatic heterocycles. The van der Waals surface area contributed by atoms with Crippen LogP contribution in [0.3, 0.4) is 0 Å². The van der Waals surface area contributed by atoms with Crippen LogP contribution < -0.4 is 11.5 Å². The number of carbonyl (C=O) groups excluding carboxylic acids is 3. The van der Waals surface area contributed by atoms with Gasteiger partial charge in [-0.2, -0.15) is 0 Å². The standard InChI is InChI=1S/C20H29N3O3/c21-18(24)15-11-10-12-16(17(15)19(22)25)20(26)23-13-8-6-4-2-1-3-5-7-9-14-23/h10-12H,1-9,13-14H2,(H2,21,24)(H2,22,25). The lowest BCUT2D eigenvalue weighted by molar-refractivity contribution is 0.0743. The molecule has 1 heterocycles. The lowest BCUT2D eigenvalue weighted by Gasteiger charge is -2.24. The average Bonchev–Trinajstić information content (AvgIpc) is 2.61. The number of hydrogen-bond donors (Lipinski definition) is 2. The molecule has 6 heteroatoms. The van der Waals surface area contributed by atoms with Crippen LogP contribution in [0, 0.1) is 0 Å². The molecule has 3 amide bonds. The Morgan fingerprint density at radius 2 is 1.15 bits per heavy atom. The third-order valence-corrected chi connectivity index (χ3v) is 4.95. The normalized spacial score (nSPS) is 17.0. The number of nitrogens with two attached hydrogens (primary N) is 2. The predicted molar refractivity (Wildman–Crippen MR) is 101 cm³/mol. The maximum atomic E-state index is 13.1. The van der Waals surface area contributed by atoms with Gasteiger partial charge in [-0.3, -0.25) is 14.4 Å². The zero-order valence-electron chi connectivity index (χ0n) is 15.3. The summed E-state index contributed by atoms with van der Waals surface area (Å²) < 4.78 is 0. The molecule has 1 aromatic carbocycles. The maximum Gasteiger partial charge on any atom is 0.254 e. The minimum atomic E-state index is -0.808. The Labute approximate surface area is 154 Å². The van der Waals surface area contributed by atoms with Gasteiger partial charge in [0.25, 0.3) is 5.91 Å². The van der Waals surface area contributed by atoms with Crippen molar-refractivity contribution in [1.82, 2.24) is 4.90 Å². The highest BCUT2D eigenvalue weighted by atomic mass is 16.2. The van der Waals surface area contributed by atoms with Crippen molar-refractivity contribution >= 4 is 17.7 Å². The van der Waals surface area contributed by atoms with E-state index in [4.69, 9.17) is 11.5 Å². The van der Waals surface area contributed by atoms with Gasteiger partial charge in [-0.25, -0.2) is 0 Å². The lowest BCUT2D eigenvalue weighted by Crippen LogP contribution is -2.35. The highest BCUT2D eigenvalue weighted by Gasteiger charge is 2.24. The Hall–Kier alpha value is -2.37. The summed E-state index contributed by atoms with van der Waals surface area (Å²) in [6.07, 6.45) is 10.2. The summed E-state index contributed by atoms with van der Waals surface area (Å²) in [5.74, 6) is -1.82. The fourth-order valence-electron chi connectivity index (χ4n) is 3.53. The lowest BCUT2D eigenvalue weighted by atomic mass is 9.98. The zero-order chi connectivity index (χ0) is 18.9. The number of nitrogens with zero attached hydrogens (tertiary/aromatic N) is 1. The van der Waals surface area contributed by atoms with Crippen molar-refractivity contribution in [1.29, 1.82) is 0 Å². The molecule has 0 spiro atoms. The summed E-state index contributed by atoms with van der Waals surface area (Å²) in [5.41, 5.74) is 10.9. The Balaban J connectivity index is 2.25. The zero-order valence-corrected chi connectivity index (χ0v) is 15.3. The van der Waals surface area contributed by atoms with Gasteiger partial charge in [-0.1, -0.05) is 51.0 Å². The first-order chi connectivity index (χ1) is 12.5. The van der Waals surface area contributed by atoms with E-state index in [0.717, 1.165) is 25.7 Å². The number of primary amides is 2. The molecule has 6 nitrogen and oxygen atoms in total. The molecule has 0 aromatic heterocycles. The smallest absolute Gasteiger partial charge is 0.254 e. The van der Waals surface area contributed by atoms with Crippen molar-refractivity contribution in [3.8, 4) is 0 Å². The van der Waals surface area contributed by atoms with Gasteiger partial charge in [0, 0.05) is 13.1 Å². The van der Waals surface area contributed by atoms with Crippen molar-refractivity contribution in [3.05, 3.63) is 34.9 Å². The van der Waals surface area contributed by atoms with Crippen molar-refractivity contribution in [2.75, 3.05) is 13.1 Å². The molecule has 1 saturated heterocycles.